The predicted molar refractivity (Wildman–Crippen MR) is 221 cm³/mol. The molecule has 1 amide bonds. The second-order valence-electron chi connectivity index (χ2n) is 16.6. The zero-order valence-electron chi connectivity index (χ0n) is 35.3. The quantitative estimate of drug-likeness (QED) is 0.0339. The molecule has 54 heavy (non-hydrogen) atoms. The topological polar surface area (TPSA) is 149 Å². The average molecular weight is 772 g/mol. The van der Waals surface area contributed by atoms with E-state index >= 15 is 0 Å². The van der Waals surface area contributed by atoms with Crippen LogP contribution >= 0.6 is 0 Å². The average Bonchev–Trinajstić information content (AvgIpc) is 3.17. The number of ether oxygens (including phenoxy) is 2. The second kappa shape index (κ2) is 36.5. The van der Waals surface area contributed by atoms with Crippen LogP contribution in [0.1, 0.15) is 226 Å². The maximum absolute atomic E-state index is 12.9. The van der Waals surface area contributed by atoms with Crippen molar-refractivity contribution in [1.82, 2.24) is 5.32 Å². The normalized spacial score (nSPS) is 21.4. The summed E-state index contributed by atoms with van der Waals surface area (Å²) in [7, 11) is 0. The Bertz CT molecular complexity index is 817. The fourth-order valence-corrected chi connectivity index (χ4v) is 7.69. The Morgan fingerprint density at radius 2 is 0.926 bits per heavy atom. The molecule has 9 heteroatoms. The van der Waals surface area contributed by atoms with Crippen LogP contribution in [-0.2, 0) is 14.3 Å². The number of nitrogens with one attached hydrogen (secondary N) is 1. The van der Waals surface area contributed by atoms with E-state index in [1.165, 1.54) is 161 Å². The van der Waals surface area contributed by atoms with Gasteiger partial charge in [0.25, 0.3) is 0 Å². The molecule has 1 saturated heterocycles. The summed E-state index contributed by atoms with van der Waals surface area (Å²) >= 11 is 0. The molecule has 0 radical (unpaired) electrons. The maximum Gasteiger partial charge on any atom is 0.220 e. The minimum atomic E-state index is -1.55. The van der Waals surface area contributed by atoms with Crippen molar-refractivity contribution in [3.63, 3.8) is 0 Å². The number of carbonyl (C=O) groups excluding carboxylic acids is 1. The number of amides is 1. The smallest absolute Gasteiger partial charge is 0.220 e. The van der Waals surface area contributed by atoms with Crippen LogP contribution in [-0.4, -0.2) is 87.5 Å². The highest BCUT2D eigenvalue weighted by Gasteiger charge is 2.44. The fraction of sp³-hybridized carbons (Fsp3) is 0.978. The number of hydrogen-bond donors (Lipinski definition) is 6. The highest BCUT2D eigenvalue weighted by molar-refractivity contribution is 5.76. The van der Waals surface area contributed by atoms with Gasteiger partial charge in [0.1, 0.15) is 24.4 Å². The fourth-order valence-electron chi connectivity index (χ4n) is 7.69. The Morgan fingerprint density at radius 3 is 1.31 bits per heavy atom. The molecule has 7 atom stereocenters. The lowest BCUT2D eigenvalue weighted by molar-refractivity contribution is -0.302. The Morgan fingerprint density at radius 1 is 0.556 bits per heavy atom. The van der Waals surface area contributed by atoms with Crippen molar-refractivity contribution in [1.29, 1.82) is 0 Å². The number of carbonyl (C=O) groups is 1. The van der Waals surface area contributed by atoms with Crippen molar-refractivity contribution >= 4 is 5.91 Å². The SMILES string of the molecule is CCCCCCCCCCCCCCCCCCCCCCCCC(=O)N[C@@H](CO[C@@H]1O[C@H](CO)[C@H](O)C(O)C1O)[C@H](O)CCCCCCCCCCC. The predicted octanol–water partition coefficient (Wildman–Crippen LogP) is 9.56. The minimum absolute atomic E-state index is 0.133. The minimum Gasteiger partial charge on any atom is -0.394 e. The molecule has 0 saturated carbocycles. The van der Waals surface area contributed by atoms with Gasteiger partial charge in [-0.25, -0.2) is 0 Å². The van der Waals surface area contributed by atoms with E-state index in [0.717, 1.165) is 38.5 Å². The van der Waals surface area contributed by atoms with Gasteiger partial charge in [-0.1, -0.05) is 206 Å². The summed E-state index contributed by atoms with van der Waals surface area (Å²) in [6.45, 7) is 3.82. The van der Waals surface area contributed by atoms with E-state index in [4.69, 9.17) is 9.47 Å². The summed E-state index contributed by atoms with van der Waals surface area (Å²) in [6, 6.07) is -0.710. The Kier molecular flexibility index (Phi) is 34.6. The molecule has 0 bridgehead atoms. The Labute approximate surface area is 332 Å². The molecule has 6 N–H and O–H groups in total. The molecule has 1 heterocycles. The molecule has 1 fully saturated rings. The molecule has 1 aliphatic rings. The van der Waals surface area contributed by atoms with Gasteiger partial charge < -0.3 is 40.3 Å². The number of aliphatic hydroxyl groups excluding tert-OH is 5. The number of rotatable bonds is 39. The lowest BCUT2D eigenvalue weighted by Gasteiger charge is -2.40. The van der Waals surface area contributed by atoms with Crippen LogP contribution in [0.25, 0.3) is 0 Å². The zero-order chi connectivity index (χ0) is 39.5. The molecule has 2 unspecified atom stereocenters. The van der Waals surface area contributed by atoms with Crippen LogP contribution in [0, 0.1) is 0 Å². The summed E-state index contributed by atoms with van der Waals surface area (Å²) in [5.41, 5.74) is 0. The first-order valence-corrected chi connectivity index (χ1v) is 23.2. The molecule has 0 aromatic carbocycles. The molecule has 1 rings (SSSR count). The maximum atomic E-state index is 12.9. The van der Waals surface area contributed by atoms with Gasteiger partial charge in [0.05, 0.1) is 25.4 Å². The standard InChI is InChI=1S/C45H89NO8/c1-3-5-7-9-11-13-14-15-16-17-18-19-20-21-22-23-24-25-27-29-31-33-35-41(49)46-38(39(48)34-32-30-28-26-12-10-8-6-4-2)37-53-45-44(52)43(51)42(50)40(36-47)54-45/h38-40,42-45,47-48,50-52H,3-37H2,1-2H3,(H,46,49)/t38-,39+,40+,42-,43?,44?,45+/m0/s1. The Hall–Kier alpha value is -0.810. The van der Waals surface area contributed by atoms with Gasteiger partial charge in [0, 0.05) is 6.42 Å². The van der Waals surface area contributed by atoms with Crippen LogP contribution in [0.3, 0.4) is 0 Å². The summed E-state index contributed by atoms with van der Waals surface area (Å²) in [5.74, 6) is -0.142. The number of aliphatic hydroxyl groups is 5. The van der Waals surface area contributed by atoms with Gasteiger partial charge in [-0.3, -0.25) is 4.79 Å². The number of unbranched alkanes of at least 4 members (excludes halogenated alkanes) is 29. The van der Waals surface area contributed by atoms with Gasteiger partial charge in [0.2, 0.25) is 5.91 Å². The summed E-state index contributed by atoms with van der Waals surface area (Å²) in [4.78, 5) is 12.9. The van der Waals surface area contributed by atoms with Crippen molar-refractivity contribution in [2.24, 2.45) is 0 Å². The van der Waals surface area contributed by atoms with Crippen molar-refractivity contribution in [2.45, 2.75) is 269 Å². The largest absolute Gasteiger partial charge is 0.394 e. The highest BCUT2D eigenvalue weighted by atomic mass is 16.7. The van der Waals surface area contributed by atoms with Crippen LogP contribution < -0.4 is 5.32 Å². The third kappa shape index (κ3) is 26.9. The first-order valence-electron chi connectivity index (χ1n) is 23.2. The van der Waals surface area contributed by atoms with E-state index in [-0.39, 0.29) is 12.5 Å². The lowest BCUT2D eigenvalue weighted by atomic mass is 9.99. The van der Waals surface area contributed by atoms with Gasteiger partial charge in [0.15, 0.2) is 6.29 Å². The van der Waals surface area contributed by atoms with Gasteiger partial charge in [-0.2, -0.15) is 0 Å². The molecule has 0 aromatic heterocycles. The van der Waals surface area contributed by atoms with E-state index in [2.05, 4.69) is 19.2 Å². The number of hydrogen-bond acceptors (Lipinski definition) is 8. The molecule has 1 aliphatic heterocycles. The molecular formula is C45H89NO8. The van der Waals surface area contributed by atoms with Gasteiger partial charge in [-0.05, 0) is 12.8 Å². The van der Waals surface area contributed by atoms with Crippen LogP contribution in [0.4, 0.5) is 0 Å². The molecule has 9 nitrogen and oxygen atoms in total. The molecule has 0 aliphatic carbocycles. The Balaban J connectivity index is 2.21. The second-order valence-corrected chi connectivity index (χ2v) is 16.6. The lowest BCUT2D eigenvalue weighted by Crippen LogP contribution is -2.60. The first-order chi connectivity index (χ1) is 26.3. The van der Waals surface area contributed by atoms with Crippen molar-refractivity contribution in [3.8, 4) is 0 Å². The van der Waals surface area contributed by atoms with E-state index in [0.29, 0.717) is 12.8 Å². The van der Waals surface area contributed by atoms with Crippen molar-refractivity contribution in [3.05, 3.63) is 0 Å². The van der Waals surface area contributed by atoms with Crippen molar-refractivity contribution < 1.29 is 39.8 Å². The summed E-state index contributed by atoms with van der Waals surface area (Å²) in [6.07, 6.45) is 32.7. The van der Waals surface area contributed by atoms with E-state index in [9.17, 15) is 30.3 Å². The third-order valence-electron chi connectivity index (χ3n) is 11.5. The first kappa shape index (κ1) is 51.2. The zero-order valence-corrected chi connectivity index (χ0v) is 35.3. The summed E-state index contributed by atoms with van der Waals surface area (Å²) < 4.78 is 11.2. The van der Waals surface area contributed by atoms with Crippen LogP contribution in [0.2, 0.25) is 0 Å². The highest BCUT2D eigenvalue weighted by Crippen LogP contribution is 2.23. The molecule has 0 aromatic rings. The van der Waals surface area contributed by atoms with E-state index in [1.54, 1.807) is 0 Å². The van der Waals surface area contributed by atoms with E-state index in [1.807, 2.05) is 0 Å². The van der Waals surface area contributed by atoms with Gasteiger partial charge in [-0.15, -0.1) is 0 Å². The monoisotopic (exact) mass is 772 g/mol. The molecule has 0 spiro atoms. The van der Waals surface area contributed by atoms with Crippen LogP contribution in [0.15, 0.2) is 0 Å². The molecule has 322 valence electrons. The van der Waals surface area contributed by atoms with Gasteiger partial charge >= 0.3 is 0 Å². The van der Waals surface area contributed by atoms with Crippen LogP contribution in [0.5, 0.6) is 0 Å². The third-order valence-corrected chi connectivity index (χ3v) is 11.5. The van der Waals surface area contributed by atoms with Crippen molar-refractivity contribution in [2.75, 3.05) is 13.2 Å². The molecular weight excluding hydrogens is 682 g/mol. The summed E-state index contributed by atoms with van der Waals surface area (Å²) in [5, 5.41) is 54.2. The van der Waals surface area contributed by atoms with E-state index < -0.39 is 49.5 Å².